The molecule has 0 radical (unpaired) electrons. The fourth-order valence-electron chi connectivity index (χ4n) is 2.78. The van der Waals surface area contributed by atoms with Crippen LogP contribution in [0.2, 0.25) is 0 Å². The SMILES string of the molecule is c1ccc2c(c1)OCCC2NCCN1CCOCC1. The number of rotatable bonds is 4. The van der Waals surface area contributed by atoms with Gasteiger partial charge in [-0.3, -0.25) is 4.90 Å². The summed E-state index contributed by atoms with van der Waals surface area (Å²) in [6.45, 7) is 6.81. The Morgan fingerprint density at radius 3 is 2.89 bits per heavy atom. The molecule has 1 unspecified atom stereocenters. The minimum Gasteiger partial charge on any atom is -0.493 e. The van der Waals surface area contributed by atoms with E-state index in [0.717, 1.165) is 58.2 Å². The zero-order valence-electron chi connectivity index (χ0n) is 11.3. The van der Waals surface area contributed by atoms with Crippen LogP contribution < -0.4 is 10.1 Å². The third kappa shape index (κ3) is 3.26. The standard InChI is InChI=1S/C15H22N2O2/c1-2-4-15-13(3-1)14(5-10-19-15)16-6-7-17-8-11-18-12-9-17/h1-4,14,16H,5-12H2. The largest absolute Gasteiger partial charge is 0.493 e. The van der Waals surface area contributed by atoms with Gasteiger partial charge in [-0.05, 0) is 6.07 Å². The maximum atomic E-state index is 5.68. The number of para-hydroxylation sites is 1. The van der Waals surface area contributed by atoms with Gasteiger partial charge >= 0.3 is 0 Å². The molecule has 2 heterocycles. The summed E-state index contributed by atoms with van der Waals surface area (Å²) in [6.07, 6.45) is 1.06. The minimum absolute atomic E-state index is 0.436. The van der Waals surface area contributed by atoms with E-state index >= 15 is 0 Å². The van der Waals surface area contributed by atoms with Gasteiger partial charge in [-0.2, -0.15) is 0 Å². The van der Waals surface area contributed by atoms with Crippen molar-refractivity contribution in [3.63, 3.8) is 0 Å². The van der Waals surface area contributed by atoms with Crippen molar-refractivity contribution in [2.24, 2.45) is 0 Å². The van der Waals surface area contributed by atoms with E-state index in [0.29, 0.717) is 6.04 Å². The monoisotopic (exact) mass is 262 g/mol. The molecular formula is C15H22N2O2. The number of hydrogen-bond acceptors (Lipinski definition) is 4. The summed E-state index contributed by atoms with van der Waals surface area (Å²) in [5.41, 5.74) is 1.30. The van der Waals surface area contributed by atoms with Gasteiger partial charge in [0.05, 0.1) is 19.8 Å². The van der Waals surface area contributed by atoms with Gasteiger partial charge in [-0.25, -0.2) is 0 Å². The minimum atomic E-state index is 0.436. The van der Waals surface area contributed by atoms with Gasteiger partial charge in [0.25, 0.3) is 0 Å². The van der Waals surface area contributed by atoms with Crippen LogP contribution in [0.5, 0.6) is 5.75 Å². The van der Waals surface area contributed by atoms with Crippen molar-refractivity contribution in [2.45, 2.75) is 12.5 Å². The van der Waals surface area contributed by atoms with Gasteiger partial charge in [0.15, 0.2) is 0 Å². The highest BCUT2D eigenvalue weighted by atomic mass is 16.5. The molecule has 1 N–H and O–H groups in total. The second-order valence-electron chi connectivity index (χ2n) is 5.14. The number of nitrogens with one attached hydrogen (secondary N) is 1. The molecule has 0 saturated carbocycles. The average Bonchev–Trinajstić information content (AvgIpc) is 2.49. The molecular weight excluding hydrogens is 240 g/mol. The van der Waals surface area contributed by atoms with Crippen molar-refractivity contribution in [1.82, 2.24) is 10.2 Å². The first-order valence-electron chi connectivity index (χ1n) is 7.19. The molecule has 0 amide bonds. The first-order valence-corrected chi connectivity index (χ1v) is 7.19. The Morgan fingerprint density at radius 2 is 2.00 bits per heavy atom. The quantitative estimate of drug-likeness (QED) is 0.890. The molecule has 104 valence electrons. The number of ether oxygens (including phenoxy) is 2. The Morgan fingerprint density at radius 1 is 1.16 bits per heavy atom. The van der Waals surface area contributed by atoms with E-state index in [-0.39, 0.29) is 0 Å². The Balaban J connectivity index is 1.50. The Labute approximate surface area is 114 Å². The maximum Gasteiger partial charge on any atom is 0.124 e. The fourth-order valence-corrected chi connectivity index (χ4v) is 2.78. The lowest BCUT2D eigenvalue weighted by Crippen LogP contribution is -2.41. The van der Waals surface area contributed by atoms with E-state index in [2.05, 4.69) is 28.4 Å². The van der Waals surface area contributed by atoms with Gasteiger partial charge in [0.2, 0.25) is 0 Å². The summed E-state index contributed by atoms with van der Waals surface area (Å²) in [5, 5.41) is 3.66. The highest BCUT2D eigenvalue weighted by Crippen LogP contribution is 2.31. The summed E-state index contributed by atoms with van der Waals surface area (Å²) < 4.78 is 11.0. The van der Waals surface area contributed by atoms with Crippen LogP contribution in [0.25, 0.3) is 0 Å². The molecule has 0 bridgehead atoms. The van der Waals surface area contributed by atoms with Crippen LogP contribution in [0.15, 0.2) is 24.3 Å². The zero-order valence-corrected chi connectivity index (χ0v) is 11.3. The number of morpholine rings is 1. The van der Waals surface area contributed by atoms with Crippen molar-refractivity contribution < 1.29 is 9.47 Å². The summed E-state index contributed by atoms with van der Waals surface area (Å²) >= 11 is 0. The van der Waals surface area contributed by atoms with Crippen LogP contribution in [0.1, 0.15) is 18.0 Å². The molecule has 19 heavy (non-hydrogen) atoms. The second-order valence-corrected chi connectivity index (χ2v) is 5.14. The van der Waals surface area contributed by atoms with Crippen LogP contribution in [0.3, 0.4) is 0 Å². The number of hydrogen-bond donors (Lipinski definition) is 1. The van der Waals surface area contributed by atoms with Crippen molar-refractivity contribution >= 4 is 0 Å². The molecule has 1 fully saturated rings. The van der Waals surface area contributed by atoms with E-state index in [1.54, 1.807) is 0 Å². The maximum absolute atomic E-state index is 5.68. The van der Waals surface area contributed by atoms with Crippen molar-refractivity contribution in [2.75, 3.05) is 46.0 Å². The van der Waals surface area contributed by atoms with Crippen LogP contribution in [0, 0.1) is 0 Å². The van der Waals surface area contributed by atoms with Crippen molar-refractivity contribution in [3.05, 3.63) is 29.8 Å². The summed E-state index contributed by atoms with van der Waals surface area (Å²) in [6, 6.07) is 8.79. The third-order valence-corrected chi connectivity index (χ3v) is 3.88. The fraction of sp³-hybridized carbons (Fsp3) is 0.600. The molecule has 4 heteroatoms. The Kier molecular flexibility index (Phi) is 4.33. The van der Waals surface area contributed by atoms with Crippen LogP contribution >= 0.6 is 0 Å². The lowest BCUT2D eigenvalue weighted by Gasteiger charge is -2.29. The van der Waals surface area contributed by atoms with Gasteiger partial charge in [-0.15, -0.1) is 0 Å². The van der Waals surface area contributed by atoms with Gasteiger partial charge in [0, 0.05) is 44.2 Å². The van der Waals surface area contributed by atoms with Crippen molar-refractivity contribution in [1.29, 1.82) is 0 Å². The number of nitrogens with zero attached hydrogens (tertiary/aromatic N) is 1. The van der Waals surface area contributed by atoms with E-state index < -0.39 is 0 Å². The molecule has 3 rings (SSSR count). The second kappa shape index (κ2) is 6.37. The lowest BCUT2D eigenvalue weighted by atomic mass is 10.0. The highest BCUT2D eigenvalue weighted by molar-refractivity contribution is 5.37. The topological polar surface area (TPSA) is 33.7 Å². The zero-order chi connectivity index (χ0) is 12.9. The predicted octanol–water partition coefficient (Wildman–Crippen LogP) is 1.43. The Hall–Kier alpha value is -1.10. The Bertz CT molecular complexity index is 405. The molecule has 0 aliphatic carbocycles. The van der Waals surface area contributed by atoms with Gasteiger partial charge < -0.3 is 14.8 Å². The molecule has 2 aliphatic rings. The molecule has 4 nitrogen and oxygen atoms in total. The van der Waals surface area contributed by atoms with Gasteiger partial charge in [-0.1, -0.05) is 18.2 Å². The molecule has 0 spiro atoms. The van der Waals surface area contributed by atoms with Crippen LogP contribution in [0.4, 0.5) is 0 Å². The molecule has 1 aromatic rings. The molecule has 1 aromatic carbocycles. The highest BCUT2D eigenvalue weighted by Gasteiger charge is 2.20. The summed E-state index contributed by atoms with van der Waals surface area (Å²) in [4.78, 5) is 2.46. The summed E-state index contributed by atoms with van der Waals surface area (Å²) in [7, 11) is 0. The van der Waals surface area contributed by atoms with Crippen molar-refractivity contribution in [3.8, 4) is 5.75 Å². The predicted molar refractivity (Wildman–Crippen MR) is 74.6 cm³/mol. The molecule has 2 aliphatic heterocycles. The van der Waals surface area contributed by atoms with E-state index in [1.165, 1.54) is 5.56 Å². The normalized spacial score (nSPS) is 23.7. The first kappa shape index (κ1) is 12.9. The lowest BCUT2D eigenvalue weighted by molar-refractivity contribution is 0.0379. The van der Waals surface area contributed by atoms with E-state index in [4.69, 9.17) is 9.47 Å². The molecule has 1 atom stereocenters. The van der Waals surface area contributed by atoms with E-state index in [1.807, 2.05) is 6.07 Å². The van der Waals surface area contributed by atoms with E-state index in [9.17, 15) is 0 Å². The molecule has 0 aromatic heterocycles. The summed E-state index contributed by atoms with van der Waals surface area (Å²) in [5.74, 6) is 1.04. The number of fused-ring (bicyclic) bond motifs is 1. The molecule has 1 saturated heterocycles. The first-order chi connectivity index (χ1) is 9.43. The average molecular weight is 262 g/mol. The smallest absolute Gasteiger partial charge is 0.124 e. The number of benzene rings is 1. The van der Waals surface area contributed by atoms with Gasteiger partial charge in [0.1, 0.15) is 5.75 Å². The third-order valence-electron chi connectivity index (χ3n) is 3.88. The van der Waals surface area contributed by atoms with Crippen LogP contribution in [-0.4, -0.2) is 50.9 Å². The van der Waals surface area contributed by atoms with Crippen LogP contribution in [-0.2, 0) is 4.74 Å².